The average Bonchev–Trinajstić information content (AvgIpc) is 2.58. The topological polar surface area (TPSA) is 39.7 Å². The summed E-state index contributed by atoms with van der Waals surface area (Å²) in [6, 6.07) is 3.79. The number of rotatable bonds is 4. The van der Waals surface area contributed by atoms with E-state index < -0.39 is 0 Å². The Hall–Kier alpha value is -1.13. The first kappa shape index (κ1) is 16.2. The van der Waals surface area contributed by atoms with Crippen LogP contribution in [0.5, 0.6) is 11.5 Å². The first-order valence-corrected chi connectivity index (χ1v) is 7.44. The van der Waals surface area contributed by atoms with Gasteiger partial charge in [-0.3, -0.25) is 0 Å². The molecule has 1 aromatic rings. The predicted octanol–water partition coefficient (Wildman–Crippen LogP) is 4.12. The number of halogens is 1. The Morgan fingerprint density at radius 3 is 2.19 bits per heavy atom. The number of anilines is 1. The summed E-state index contributed by atoms with van der Waals surface area (Å²) in [5, 5.41) is 4.09. The fourth-order valence-corrected chi connectivity index (χ4v) is 3.15. The van der Waals surface area contributed by atoms with Gasteiger partial charge in [0.2, 0.25) is 0 Å². The third kappa shape index (κ3) is 3.38. The van der Waals surface area contributed by atoms with Crippen molar-refractivity contribution in [3.05, 3.63) is 17.2 Å². The van der Waals surface area contributed by atoms with Gasteiger partial charge in [0.05, 0.1) is 42.2 Å². The molecule has 1 N–H and O–H groups in total. The van der Waals surface area contributed by atoms with Gasteiger partial charge in [-0.25, -0.2) is 0 Å². The molecule has 0 spiro atoms. The largest absolute Gasteiger partial charge is 0.493 e. The highest BCUT2D eigenvalue weighted by molar-refractivity contribution is 6.33. The lowest BCUT2D eigenvalue weighted by molar-refractivity contribution is -0.0662. The highest BCUT2D eigenvalue weighted by Crippen LogP contribution is 2.42. The molecule has 1 aliphatic heterocycles. The Bertz CT molecular complexity index is 528. The van der Waals surface area contributed by atoms with Gasteiger partial charge in [-0.15, -0.1) is 0 Å². The zero-order valence-corrected chi connectivity index (χ0v) is 14.3. The summed E-state index contributed by atoms with van der Waals surface area (Å²) >= 11 is 6.34. The summed E-state index contributed by atoms with van der Waals surface area (Å²) in [4.78, 5) is 0. The Balaban J connectivity index is 2.28. The van der Waals surface area contributed by atoms with Crippen molar-refractivity contribution in [3.8, 4) is 11.5 Å². The zero-order valence-electron chi connectivity index (χ0n) is 13.5. The summed E-state index contributed by atoms with van der Waals surface area (Å²) < 4.78 is 16.7. The molecule has 118 valence electrons. The molecule has 1 atom stereocenters. The lowest BCUT2D eigenvalue weighted by Gasteiger charge is -2.28. The SMILES string of the molecule is COc1cc(Cl)c(NC2CC(C)(C)OC2(C)C)cc1OC. The van der Waals surface area contributed by atoms with Crippen molar-refractivity contribution in [2.75, 3.05) is 19.5 Å². The van der Waals surface area contributed by atoms with Crippen LogP contribution in [0.2, 0.25) is 5.02 Å². The molecule has 0 amide bonds. The van der Waals surface area contributed by atoms with Gasteiger partial charge in [0, 0.05) is 12.1 Å². The molecular weight excluding hydrogens is 290 g/mol. The van der Waals surface area contributed by atoms with Crippen molar-refractivity contribution in [2.45, 2.75) is 51.4 Å². The van der Waals surface area contributed by atoms with E-state index in [0.29, 0.717) is 16.5 Å². The molecule has 1 unspecified atom stereocenters. The third-order valence-corrected chi connectivity index (χ3v) is 4.19. The molecule has 0 radical (unpaired) electrons. The van der Waals surface area contributed by atoms with Crippen molar-refractivity contribution >= 4 is 17.3 Å². The lowest BCUT2D eigenvalue weighted by Crippen LogP contribution is -2.38. The van der Waals surface area contributed by atoms with Gasteiger partial charge >= 0.3 is 0 Å². The molecule has 0 bridgehead atoms. The number of nitrogens with one attached hydrogen (secondary N) is 1. The van der Waals surface area contributed by atoms with E-state index in [2.05, 4.69) is 33.0 Å². The van der Waals surface area contributed by atoms with Crippen LogP contribution in [0.3, 0.4) is 0 Å². The summed E-state index contributed by atoms with van der Waals surface area (Å²) in [5.41, 5.74) is 0.415. The van der Waals surface area contributed by atoms with Crippen LogP contribution < -0.4 is 14.8 Å². The van der Waals surface area contributed by atoms with E-state index in [4.69, 9.17) is 25.8 Å². The minimum atomic E-state index is -0.264. The van der Waals surface area contributed by atoms with Crippen LogP contribution in [0.4, 0.5) is 5.69 Å². The highest BCUT2D eigenvalue weighted by Gasteiger charge is 2.46. The van der Waals surface area contributed by atoms with Gasteiger partial charge in [-0.05, 0) is 34.1 Å². The molecule has 1 aliphatic rings. The maximum atomic E-state index is 6.34. The summed E-state index contributed by atoms with van der Waals surface area (Å²) in [5.74, 6) is 1.27. The van der Waals surface area contributed by atoms with Crippen LogP contribution in [0.25, 0.3) is 0 Å². The second-order valence-electron chi connectivity index (χ2n) is 6.55. The van der Waals surface area contributed by atoms with Crippen LogP contribution in [0, 0.1) is 0 Å². The summed E-state index contributed by atoms with van der Waals surface area (Å²) in [6.45, 7) is 8.39. The molecule has 0 aromatic heterocycles. The van der Waals surface area contributed by atoms with E-state index in [-0.39, 0.29) is 17.2 Å². The first-order chi connectivity index (χ1) is 9.68. The van der Waals surface area contributed by atoms with Crippen molar-refractivity contribution in [2.24, 2.45) is 0 Å². The summed E-state index contributed by atoms with van der Waals surface area (Å²) in [6.07, 6.45) is 0.907. The minimum Gasteiger partial charge on any atom is -0.493 e. The molecular formula is C16H24ClNO3. The molecule has 0 saturated carbocycles. The third-order valence-electron chi connectivity index (χ3n) is 3.88. The first-order valence-electron chi connectivity index (χ1n) is 7.07. The van der Waals surface area contributed by atoms with Crippen molar-refractivity contribution in [1.29, 1.82) is 0 Å². The second-order valence-corrected chi connectivity index (χ2v) is 6.96. The maximum Gasteiger partial charge on any atom is 0.162 e. The molecule has 1 aromatic carbocycles. The van der Waals surface area contributed by atoms with Crippen LogP contribution >= 0.6 is 11.6 Å². The van der Waals surface area contributed by atoms with Crippen LogP contribution in [-0.2, 0) is 4.74 Å². The Labute approximate surface area is 131 Å². The van der Waals surface area contributed by atoms with E-state index >= 15 is 0 Å². The van der Waals surface area contributed by atoms with Gasteiger partial charge in [0.15, 0.2) is 11.5 Å². The van der Waals surface area contributed by atoms with Crippen LogP contribution in [0.1, 0.15) is 34.1 Å². The lowest BCUT2D eigenvalue weighted by atomic mass is 9.94. The normalized spacial score (nSPS) is 22.9. The Morgan fingerprint density at radius 1 is 1.14 bits per heavy atom. The Kier molecular flexibility index (Phi) is 4.31. The number of benzene rings is 1. The smallest absolute Gasteiger partial charge is 0.162 e. The van der Waals surface area contributed by atoms with E-state index in [9.17, 15) is 0 Å². The van der Waals surface area contributed by atoms with E-state index in [1.807, 2.05) is 6.07 Å². The van der Waals surface area contributed by atoms with Crippen molar-refractivity contribution in [1.82, 2.24) is 0 Å². The summed E-state index contributed by atoms with van der Waals surface area (Å²) in [7, 11) is 3.21. The number of methoxy groups -OCH3 is 2. The van der Waals surface area contributed by atoms with E-state index in [1.165, 1.54) is 0 Å². The molecule has 1 fully saturated rings. The highest BCUT2D eigenvalue weighted by atomic mass is 35.5. The quantitative estimate of drug-likeness (QED) is 0.908. The van der Waals surface area contributed by atoms with Gasteiger partial charge < -0.3 is 19.5 Å². The van der Waals surface area contributed by atoms with Crippen molar-refractivity contribution < 1.29 is 14.2 Å². The molecule has 4 nitrogen and oxygen atoms in total. The minimum absolute atomic E-state index is 0.149. The maximum absolute atomic E-state index is 6.34. The van der Waals surface area contributed by atoms with Gasteiger partial charge in [-0.2, -0.15) is 0 Å². The molecule has 0 aliphatic carbocycles. The van der Waals surface area contributed by atoms with Crippen LogP contribution in [-0.4, -0.2) is 31.5 Å². The predicted molar refractivity (Wildman–Crippen MR) is 85.8 cm³/mol. The van der Waals surface area contributed by atoms with Gasteiger partial charge in [-0.1, -0.05) is 11.6 Å². The van der Waals surface area contributed by atoms with Crippen molar-refractivity contribution in [3.63, 3.8) is 0 Å². The monoisotopic (exact) mass is 313 g/mol. The molecule has 1 heterocycles. The van der Waals surface area contributed by atoms with Gasteiger partial charge in [0.1, 0.15) is 0 Å². The number of hydrogen-bond donors (Lipinski definition) is 1. The fourth-order valence-electron chi connectivity index (χ4n) is 2.94. The fraction of sp³-hybridized carbons (Fsp3) is 0.625. The van der Waals surface area contributed by atoms with E-state index in [0.717, 1.165) is 12.1 Å². The standard InChI is InChI=1S/C16H24ClNO3/c1-15(2)9-14(16(3,4)21-15)18-11-8-13(20-6)12(19-5)7-10(11)17/h7-8,14,18H,9H2,1-6H3. The van der Waals surface area contributed by atoms with Gasteiger partial charge in [0.25, 0.3) is 0 Å². The molecule has 1 saturated heterocycles. The number of hydrogen-bond acceptors (Lipinski definition) is 4. The average molecular weight is 314 g/mol. The molecule has 2 rings (SSSR count). The zero-order chi connectivity index (χ0) is 15.8. The number of ether oxygens (including phenoxy) is 3. The van der Waals surface area contributed by atoms with E-state index in [1.54, 1.807) is 20.3 Å². The molecule has 5 heteroatoms. The second kappa shape index (κ2) is 5.58. The Morgan fingerprint density at radius 2 is 1.71 bits per heavy atom. The molecule has 21 heavy (non-hydrogen) atoms. The van der Waals surface area contributed by atoms with Crippen LogP contribution in [0.15, 0.2) is 12.1 Å².